The van der Waals surface area contributed by atoms with Crippen molar-refractivity contribution < 1.29 is 4.74 Å². The van der Waals surface area contributed by atoms with Gasteiger partial charge < -0.3 is 4.74 Å². The van der Waals surface area contributed by atoms with E-state index >= 15 is 0 Å². The van der Waals surface area contributed by atoms with Gasteiger partial charge in [0.1, 0.15) is 11.4 Å². The molecule has 2 rings (SSSR count). The molecule has 17 heavy (non-hydrogen) atoms. The topological polar surface area (TPSA) is 50.3 Å². The van der Waals surface area contributed by atoms with Gasteiger partial charge in [0.05, 0.1) is 13.3 Å². The van der Waals surface area contributed by atoms with E-state index in [-0.39, 0.29) is 0 Å². The summed E-state index contributed by atoms with van der Waals surface area (Å²) in [5.74, 6) is 0.776. The zero-order chi connectivity index (χ0) is 12.3. The maximum absolute atomic E-state index is 5.29. The van der Waals surface area contributed by atoms with Crippen molar-refractivity contribution in [2.24, 2.45) is 4.99 Å². The van der Waals surface area contributed by atoms with Crippen LogP contribution in [0, 0.1) is 6.92 Å². The van der Waals surface area contributed by atoms with Gasteiger partial charge in [-0.1, -0.05) is 6.07 Å². The lowest BCUT2D eigenvalue weighted by Crippen LogP contribution is -1.92. The Morgan fingerprint density at radius 1 is 1.41 bits per heavy atom. The second-order valence-corrected chi connectivity index (χ2v) is 3.86. The first-order chi connectivity index (χ1) is 8.20. The van der Waals surface area contributed by atoms with Gasteiger partial charge in [0.2, 0.25) is 0 Å². The average Bonchev–Trinajstić information content (AvgIpc) is 2.83. The summed E-state index contributed by atoms with van der Waals surface area (Å²) in [5, 5.41) is 6.68. The van der Waals surface area contributed by atoms with E-state index < -0.39 is 0 Å². The summed E-state index contributed by atoms with van der Waals surface area (Å²) in [6.45, 7) is 3.98. The van der Waals surface area contributed by atoms with Crippen LogP contribution in [0.25, 0.3) is 0 Å². The SMILES string of the molecule is COc1ccc(C)cc1N=C(C)c1cn[nH]c1. The van der Waals surface area contributed by atoms with Crippen molar-refractivity contribution in [2.45, 2.75) is 13.8 Å². The number of H-pyrrole nitrogens is 1. The molecular formula is C13H15N3O. The van der Waals surface area contributed by atoms with Gasteiger partial charge in [-0.15, -0.1) is 0 Å². The molecule has 0 saturated carbocycles. The van der Waals surface area contributed by atoms with Crippen molar-refractivity contribution in [3.05, 3.63) is 41.7 Å². The van der Waals surface area contributed by atoms with Crippen molar-refractivity contribution in [3.63, 3.8) is 0 Å². The number of aliphatic imine (C=N–C) groups is 1. The molecule has 88 valence electrons. The molecule has 0 atom stereocenters. The molecule has 0 fully saturated rings. The summed E-state index contributed by atoms with van der Waals surface area (Å²) in [6, 6.07) is 5.93. The molecule has 1 heterocycles. The third-order valence-corrected chi connectivity index (χ3v) is 2.54. The highest BCUT2D eigenvalue weighted by molar-refractivity contribution is 6.00. The van der Waals surface area contributed by atoms with E-state index in [0.717, 1.165) is 28.3 Å². The lowest BCUT2D eigenvalue weighted by molar-refractivity contribution is 0.416. The minimum atomic E-state index is 0.776. The van der Waals surface area contributed by atoms with Crippen molar-refractivity contribution in [3.8, 4) is 5.75 Å². The Bertz CT molecular complexity index is 530. The van der Waals surface area contributed by atoms with Crippen LogP contribution >= 0.6 is 0 Å². The molecule has 0 aliphatic carbocycles. The van der Waals surface area contributed by atoms with Crippen molar-refractivity contribution >= 4 is 11.4 Å². The summed E-state index contributed by atoms with van der Waals surface area (Å²) < 4.78 is 5.29. The van der Waals surface area contributed by atoms with Crippen LogP contribution in [0.4, 0.5) is 5.69 Å². The number of methoxy groups -OCH3 is 1. The van der Waals surface area contributed by atoms with Gasteiger partial charge in [0.15, 0.2) is 0 Å². The maximum Gasteiger partial charge on any atom is 0.144 e. The normalized spacial score (nSPS) is 11.6. The van der Waals surface area contributed by atoms with Crippen LogP contribution in [-0.4, -0.2) is 23.0 Å². The predicted molar refractivity (Wildman–Crippen MR) is 68.2 cm³/mol. The number of rotatable bonds is 3. The molecule has 0 saturated heterocycles. The van der Waals surface area contributed by atoms with Gasteiger partial charge in [-0.2, -0.15) is 5.10 Å². The highest BCUT2D eigenvalue weighted by Gasteiger charge is 2.04. The molecule has 0 spiro atoms. The Balaban J connectivity index is 2.41. The van der Waals surface area contributed by atoms with Gasteiger partial charge in [-0.05, 0) is 31.5 Å². The van der Waals surface area contributed by atoms with Crippen molar-refractivity contribution in [1.82, 2.24) is 10.2 Å². The molecule has 0 amide bonds. The Morgan fingerprint density at radius 2 is 2.24 bits per heavy atom. The first-order valence-corrected chi connectivity index (χ1v) is 5.40. The standard InChI is InChI=1S/C13H15N3O/c1-9-4-5-13(17-3)12(6-9)16-10(2)11-7-14-15-8-11/h4-8H,1-3H3,(H,14,15). The van der Waals surface area contributed by atoms with E-state index in [4.69, 9.17) is 4.74 Å². The van der Waals surface area contributed by atoms with Crippen LogP contribution in [0.3, 0.4) is 0 Å². The molecular weight excluding hydrogens is 214 g/mol. The van der Waals surface area contributed by atoms with Crippen LogP contribution in [-0.2, 0) is 0 Å². The Labute approximate surface area is 100 Å². The molecule has 2 aromatic rings. The lowest BCUT2D eigenvalue weighted by Gasteiger charge is -2.06. The van der Waals surface area contributed by atoms with Crippen LogP contribution in [0.15, 0.2) is 35.6 Å². The fourth-order valence-corrected chi connectivity index (χ4v) is 1.58. The smallest absolute Gasteiger partial charge is 0.144 e. The van der Waals surface area contributed by atoms with Crippen molar-refractivity contribution in [2.75, 3.05) is 7.11 Å². The van der Waals surface area contributed by atoms with Crippen LogP contribution in [0.2, 0.25) is 0 Å². The summed E-state index contributed by atoms with van der Waals surface area (Å²) in [7, 11) is 1.65. The molecule has 0 aliphatic heterocycles. The third-order valence-electron chi connectivity index (χ3n) is 2.54. The number of ether oxygens (including phenoxy) is 1. The monoisotopic (exact) mass is 229 g/mol. The molecule has 1 aromatic carbocycles. The molecule has 0 unspecified atom stereocenters. The minimum absolute atomic E-state index is 0.776. The average molecular weight is 229 g/mol. The fraction of sp³-hybridized carbons (Fsp3) is 0.231. The molecule has 0 bridgehead atoms. The summed E-state index contributed by atoms with van der Waals surface area (Å²) in [5.41, 5.74) is 3.88. The maximum atomic E-state index is 5.29. The summed E-state index contributed by atoms with van der Waals surface area (Å²) in [6.07, 6.45) is 3.57. The number of hydrogen-bond acceptors (Lipinski definition) is 3. The molecule has 0 aliphatic rings. The summed E-state index contributed by atoms with van der Waals surface area (Å²) >= 11 is 0. The zero-order valence-corrected chi connectivity index (χ0v) is 10.2. The van der Waals surface area contributed by atoms with E-state index in [1.807, 2.05) is 38.2 Å². The second kappa shape index (κ2) is 4.82. The quantitative estimate of drug-likeness (QED) is 0.823. The van der Waals surface area contributed by atoms with E-state index in [1.54, 1.807) is 13.3 Å². The minimum Gasteiger partial charge on any atom is -0.494 e. The number of benzene rings is 1. The van der Waals surface area contributed by atoms with E-state index in [1.165, 1.54) is 0 Å². The van der Waals surface area contributed by atoms with E-state index in [0.29, 0.717) is 0 Å². The molecule has 1 aromatic heterocycles. The van der Waals surface area contributed by atoms with E-state index in [9.17, 15) is 0 Å². The number of aryl methyl sites for hydroxylation is 1. The van der Waals surface area contributed by atoms with Crippen molar-refractivity contribution in [1.29, 1.82) is 0 Å². The number of aromatic amines is 1. The first-order valence-electron chi connectivity index (χ1n) is 5.40. The van der Waals surface area contributed by atoms with Gasteiger partial charge in [-0.3, -0.25) is 5.10 Å². The Kier molecular flexibility index (Phi) is 3.23. The largest absolute Gasteiger partial charge is 0.494 e. The number of hydrogen-bond donors (Lipinski definition) is 1. The number of nitrogens with zero attached hydrogens (tertiary/aromatic N) is 2. The fourth-order valence-electron chi connectivity index (χ4n) is 1.58. The van der Waals surface area contributed by atoms with Crippen LogP contribution in [0.5, 0.6) is 5.75 Å². The van der Waals surface area contributed by atoms with Crippen LogP contribution < -0.4 is 4.74 Å². The molecule has 4 nitrogen and oxygen atoms in total. The Hall–Kier alpha value is -2.10. The van der Waals surface area contributed by atoms with Crippen LogP contribution in [0.1, 0.15) is 18.1 Å². The number of aromatic nitrogens is 2. The van der Waals surface area contributed by atoms with Gasteiger partial charge in [-0.25, -0.2) is 4.99 Å². The van der Waals surface area contributed by atoms with Gasteiger partial charge in [0.25, 0.3) is 0 Å². The highest BCUT2D eigenvalue weighted by Crippen LogP contribution is 2.28. The Morgan fingerprint density at radius 3 is 2.88 bits per heavy atom. The molecule has 0 radical (unpaired) electrons. The second-order valence-electron chi connectivity index (χ2n) is 3.86. The first kappa shape index (κ1) is 11.4. The lowest BCUT2D eigenvalue weighted by atomic mass is 10.2. The van der Waals surface area contributed by atoms with Gasteiger partial charge >= 0.3 is 0 Å². The summed E-state index contributed by atoms with van der Waals surface area (Å²) in [4.78, 5) is 4.56. The molecule has 1 N–H and O–H groups in total. The van der Waals surface area contributed by atoms with E-state index in [2.05, 4.69) is 15.2 Å². The zero-order valence-electron chi connectivity index (χ0n) is 10.2. The van der Waals surface area contributed by atoms with Gasteiger partial charge in [0, 0.05) is 17.5 Å². The number of nitrogens with one attached hydrogen (secondary N) is 1. The third kappa shape index (κ3) is 2.53. The predicted octanol–water partition coefficient (Wildman–Crippen LogP) is 2.87. The molecule has 4 heteroatoms. The highest BCUT2D eigenvalue weighted by atomic mass is 16.5.